The zero-order valence-electron chi connectivity index (χ0n) is 12.5. The summed E-state index contributed by atoms with van der Waals surface area (Å²) in [6.45, 7) is 4.23. The molecule has 0 fully saturated rings. The number of alkyl halides is 7. The average Bonchev–Trinajstić information content (AvgIpc) is 2.33. The fourth-order valence-electron chi connectivity index (χ4n) is 2.04. The smallest absolute Gasteiger partial charge is 0.412 e. The summed E-state index contributed by atoms with van der Waals surface area (Å²) in [4.78, 5) is 11.9. The summed E-state index contributed by atoms with van der Waals surface area (Å²) in [6.07, 6.45) is -9.99. The van der Waals surface area contributed by atoms with Gasteiger partial charge in [-0.3, -0.25) is 4.79 Å². The summed E-state index contributed by atoms with van der Waals surface area (Å²) < 4.78 is 83.5. The van der Waals surface area contributed by atoms with Gasteiger partial charge in [0.15, 0.2) is 0 Å². The van der Waals surface area contributed by atoms with E-state index in [4.69, 9.17) is 16.3 Å². The molecule has 0 N–H and O–H groups in total. The topological polar surface area (TPSA) is 26.3 Å². The van der Waals surface area contributed by atoms with Crippen LogP contribution in [0.4, 0.5) is 26.3 Å². The maximum absolute atomic E-state index is 13.5. The summed E-state index contributed by atoms with van der Waals surface area (Å²) in [7, 11) is 0. The van der Waals surface area contributed by atoms with Crippen LogP contribution in [-0.4, -0.2) is 29.3 Å². The number of esters is 1. The van der Waals surface area contributed by atoms with Gasteiger partial charge in [0.1, 0.15) is 16.4 Å². The Balaban J connectivity index is 3.25. The maximum atomic E-state index is 13.5. The molecule has 1 aliphatic carbocycles. The third-order valence-electron chi connectivity index (χ3n) is 3.13. The Morgan fingerprint density at radius 3 is 2.13 bits per heavy atom. The predicted molar refractivity (Wildman–Crippen MR) is 71.9 cm³/mol. The van der Waals surface area contributed by atoms with E-state index in [-0.39, 0.29) is 0 Å². The molecule has 2 unspecified atom stereocenters. The van der Waals surface area contributed by atoms with E-state index in [9.17, 15) is 31.1 Å². The number of rotatable bonds is 2. The summed E-state index contributed by atoms with van der Waals surface area (Å²) in [5.41, 5.74) is -5.72. The molecule has 132 valence electrons. The molecule has 1 rings (SSSR count). The van der Waals surface area contributed by atoms with Crippen molar-refractivity contribution < 1.29 is 35.9 Å². The Kier molecular flexibility index (Phi) is 5.21. The van der Waals surface area contributed by atoms with Crippen molar-refractivity contribution in [2.24, 2.45) is 5.41 Å². The molecule has 0 aliphatic heterocycles. The van der Waals surface area contributed by atoms with E-state index in [0.29, 0.717) is 18.2 Å². The lowest BCUT2D eigenvalue weighted by atomic mass is 9.74. The van der Waals surface area contributed by atoms with Crippen molar-refractivity contribution in [3.05, 3.63) is 23.8 Å². The van der Waals surface area contributed by atoms with Gasteiger partial charge in [0.25, 0.3) is 0 Å². The number of ether oxygens (including phenoxy) is 1. The van der Waals surface area contributed by atoms with Crippen LogP contribution in [-0.2, 0) is 9.53 Å². The Morgan fingerprint density at radius 2 is 1.74 bits per heavy atom. The molecule has 2 nitrogen and oxygen atoms in total. The summed E-state index contributed by atoms with van der Waals surface area (Å²) in [5, 5.41) is -2.34. The van der Waals surface area contributed by atoms with Crippen LogP contribution in [0.1, 0.15) is 27.2 Å². The number of halogens is 7. The van der Waals surface area contributed by atoms with Gasteiger partial charge in [-0.15, -0.1) is 11.6 Å². The summed E-state index contributed by atoms with van der Waals surface area (Å²) in [6, 6.07) is 0. The van der Waals surface area contributed by atoms with Crippen LogP contribution in [0.3, 0.4) is 0 Å². The lowest BCUT2D eigenvalue weighted by molar-refractivity contribution is -0.216. The van der Waals surface area contributed by atoms with E-state index in [1.165, 1.54) is 20.8 Å². The van der Waals surface area contributed by atoms with Crippen LogP contribution in [0, 0.1) is 5.41 Å². The van der Waals surface area contributed by atoms with Crippen LogP contribution < -0.4 is 0 Å². The Labute approximate surface area is 134 Å². The normalized spacial score (nSPS) is 24.2. The Hall–Kier alpha value is -1.18. The first kappa shape index (κ1) is 19.9. The standard InChI is InChI=1S/C14H15ClF6O2/c1-11(2,3)23-10(22)9(15)12(14(19,20)21)6-4-5-8(7-12)13(16,17)18/h4-6,9H,7H2,1-3H3. The lowest BCUT2D eigenvalue weighted by Gasteiger charge is -2.39. The molecule has 0 amide bonds. The van der Waals surface area contributed by atoms with E-state index in [2.05, 4.69) is 0 Å². The highest BCUT2D eigenvalue weighted by Crippen LogP contribution is 2.53. The molecule has 23 heavy (non-hydrogen) atoms. The average molecular weight is 365 g/mol. The van der Waals surface area contributed by atoms with Gasteiger partial charge in [-0.2, -0.15) is 26.3 Å². The summed E-state index contributed by atoms with van der Waals surface area (Å²) >= 11 is 5.63. The molecular formula is C14H15ClF6O2. The minimum absolute atomic E-state index is 0.476. The van der Waals surface area contributed by atoms with Crippen LogP contribution >= 0.6 is 11.6 Å². The molecule has 0 radical (unpaired) electrons. The Bertz CT molecular complexity index is 527. The van der Waals surface area contributed by atoms with Crippen LogP contribution in [0.2, 0.25) is 0 Å². The predicted octanol–water partition coefficient (Wildman–Crippen LogP) is 4.93. The first-order valence-corrected chi connectivity index (χ1v) is 6.93. The van der Waals surface area contributed by atoms with Crippen molar-refractivity contribution in [1.29, 1.82) is 0 Å². The fourth-order valence-corrected chi connectivity index (χ4v) is 2.36. The summed E-state index contributed by atoms with van der Waals surface area (Å²) in [5.74, 6) is -1.43. The first-order chi connectivity index (χ1) is 10.1. The van der Waals surface area contributed by atoms with Gasteiger partial charge in [0.05, 0.1) is 0 Å². The van der Waals surface area contributed by atoms with Gasteiger partial charge in [-0.25, -0.2) is 0 Å². The molecule has 9 heteroatoms. The molecule has 0 aromatic carbocycles. The largest absolute Gasteiger partial charge is 0.459 e. The highest BCUT2D eigenvalue weighted by Gasteiger charge is 2.62. The van der Waals surface area contributed by atoms with Crippen molar-refractivity contribution in [3.63, 3.8) is 0 Å². The molecule has 0 aromatic rings. The lowest BCUT2D eigenvalue weighted by Crippen LogP contribution is -2.50. The van der Waals surface area contributed by atoms with Crippen molar-refractivity contribution >= 4 is 17.6 Å². The zero-order valence-corrected chi connectivity index (χ0v) is 13.2. The molecule has 0 spiro atoms. The van der Waals surface area contributed by atoms with Crippen LogP contribution in [0.15, 0.2) is 23.8 Å². The van der Waals surface area contributed by atoms with Crippen molar-refractivity contribution in [3.8, 4) is 0 Å². The highest BCUT2D eigenvalue weighted by molar-refractivity contribution is 6.30. The van der Waals surface area contributed by atoms with E-state index in [1.54, 1.807) is 0 Å². The maximum Gasteiger partial charge on any atom is 0.412 e. The van der Waals surface area contributed by atoms with Crippen molar-refractivity contribution in [2.75, 3.05) is 0 Å². The number of allylic oxidation sites excluding steroid dienone is 4. The van der Waals surface area contributed by atoms with Gasteiger partial charge >= 0.3 is 18.3 Å². The first-order valence-electron chi connectivity index (χ1n) is 6.49. The van der Waals surface area contributed by atoms with Crippen LogP contribution in [0.5, 0.6) is 0 Å². The third kappa shape index (κ3) is 4.43. The second kappa shape index (κ2) is 6.03. The van der Waals surface area contributed by atoms with Gasteiger partial charge in [-0.05, 0) is 27.2 Å². The number of carbonyl (C=O) groups excluding carboxylic acids is 1. The van der Waals surface area contributed by atoms with E-state index in [1.807, 2.05) is 0 Å². The third-order valence-corrected chi connectivity index (χ3v) is 3.70. The SMILES string of the molecule is CC(C)(C)OC(=O)C(Cl)C1(C(F)(F)F)C=CC=C(C(F)(F)F)C1. The fraction of sp³-hybridized carbons (Fsp3) is 0.643. The quantitative estimate of drug-likeness (QED) is 0.394. The van der Waals surface area contributed by atoms with Gasteiger partial charge in [0, 0.05) is 5.57 Å². The van der Waals surface area contributed by atoms with E-state index < -0.39 is 46.7 Å². The number of hydrogen-bond acceptors (Lipinski definition) is 2. The van der Waals surface area contributed by atoms with Gasteiger partial charge in [-0.1, -0.05) is 18.2 Å². The molecule has 0 saturated carbocycles. The molecule has 0 aromatic heterocycles. The Morgan fingerprint density at radius 1 is 1.22 bits per heavy atom. The van der Waals surface area contributed by atoms with Gasteiger partial charge in [0.2, 0.25) is 0 Å². The van der Waals surface area contributed by atoms with Crippen LogP contribution in [0.25, 0.3) is 0 Å². The van der Waals surface area contributed by atoms with Gasteiger partial charge < -0.3 is 4.74 Å². The minimum atomic E-state index is -5.17. The number of hydrogen-bond donors (Lipinski definition) is 0. The van der Waals surface area contributed by atoms with E-state index >= 15 is 0 Å². The van der Waals surface area contributed by atoms with Crippen molar-refractivity contribution in [1.82, 2.24) is 0 Å². The van der Waals surface area contributed by atoms with Crippen molar-refractivity contribution in [2.45, 2.75) is 50.5 Å². The number of carbonyl (C=O) groups is 1. The molecule has 0 saturated heterocycles. The molecule has 0 bridgehead atoms. The molecular weight excluding hydrogens is 350 g/mol. The minimum Gasteiger partial charge on any atom is -0.459 e. The second-order valence-electron chi connectivity index (χ2n) is 6.16. The molecule has 1 aliphatic rings. The monoisotopic (exact) mass is 364 g/mol. The molecule has 0 heterocycles. The zero-order chi connectivity index (χ0) is 18.3. The molecule has 2 atom stereocenters. The van der Waals surface area contributed by atoms with E-state index in [0.717, 1.165) is 0 Å². The second-order valence-corrected chi connectivity index (χ2v) is 6.60. The highest BCUT2D eigenvalue weighted by atomic mass is 35.5.